The number of hydrogen-bond donors (Lipinski definition) is 2. The minimum absolute atomic E-state index is 0.227. The van der Waals surface area contributed by atoms with Crippen molar-refractivity contribution in [3.8, 4) is 0 Å². The summed E-state index contributed by atoms with van der Waals surface area (Å²) < 4.78 is 0. The highest BCUT2D eigenvalue weighted by Gasteiger charge is 1.97. The first kappa shape index (κ1) is 11.5. The molecule has 0 aliphatic rings. The van der Waals surface area contributed by atoms with E-state index in [4.69, 9.17) is 0 Å². The Morgan fingerprint density at radius 3 is 2.88 bits per heavy atom. The van der Waals surface area contributed by atoms with Crippen molar-refractivity contribution in [3.63, 3.8) is 0 Å². The highest BCUT2D eigenvalue weighted by Crippen LogP contribution is 2.12. The van der Waals surface area contributed by atoms with Crippen LogP contribution in [0.15, 0.2) is 22.0 Å². The third-order valence-corrected chi connectivity index (χ3v) is 2.92. The van der Waals surface area contributed by atoms with E-state index in [2.05, 4.69) is 25.7 Å². The quantitative estimate of drug-likeness (QED) is 0.634. The fourth-order valence-corrected chi connectivity index (χ4v) is 1.87. The molecule has 0 bridgehead atoms. The molecular formula is C10H11N5OS. The Morgan fingerprint density at radius 2 is 2.24 bits per heavy atom. The molecule has 2 aromatic rings. The van der Waals surface area contributed by atoms with Crippen LogP contribution in [0.1, 0.15) is 15.4 Å². The van der Waals surface area contributed by atoms with E-state index >= 15 is 0 Å². The Labute approximate surface area is 101 Å². The summed E-state index contributed by atoms with van der Waals surface area (Å²) in [4.78, 5) is 16.0. The predicted molar refractivity (Wildman–Crippen MR) is 67.7 cm³/mol. The highest BCUT2D eigenvalue weighted by atomic mass is 32.1. The summed E-state index contributed by atoms with van der Waals surface area (Å²) in [7, 11) is 0. The molecule has 0 aromatic carbocycles. The summed E-state index contributed by atoms with van der Waals surface area (Å²) in [6, 6.07) is 3.98. The largest absolute Gasteiger partial charge is 0.288 e. The predicted octanol–water partition coefficient (Wildman–Crippen LogP) is 1.29. The van der Waals surface area contributed by atoms with Gasteiger partial charge in [0.25, 0.3) is 5.56 Å². The van der Waals surface area contributed by atoms with Gasteiger partial charge in [-0.2, -0.15) is 5.10 Å². The SMILES string of the molecule is Cc1ccc(/C=N\Nc2nnc(C)c(=O)[nH]2)s1. The van der Waals surface area contributed by atoms with Crippen molar-refractivity contribution in [1.29, 1.82) is 0 Å². The molecule has 2 heterocycles. The van der Waals surface area contributed by atoms with E-state index in [1.807, 2.05) is 19.1 Å². The summed E-state index contributed by atoms with van der Waals surface area (Å²) in [6.45, 7) is 3.62. The molecular weight excluding hydrogens is 238 g/mol. The van der Waals surface area contributed by atoms with Gasteiger partial charge in [0.15, 0.2) is 0 Å². The second-order valence-corrected chi connectivity index (χ2v) is 4.73. The van der Waals surface area contributed by atoms with Gasteiger partial charge < -0.3 is 0 Å². The summed E-state index contributed by atoms with van der Waals surface area (Å²) in [5.74, 6) is 0.227. The molecule has 0 aliphatic carbocycles. The van der Waals surface area contributed by atoms with Crippen LogP contribution < -0.4 is 11.0 Å². The lowest BCUT2D eigenvalue weighted by atomic mass is 10.4. The van der Waals surface area contributed by atoms with Crippen molar-refractivity contribution >= 4 is 23.5 Å². The molecule has 2 rings (SSSR count). The number of nitrogens with one attached hydrogen (secondary N) is 2. The van der Waals surface area contributed by atoms with Crippen LogP contribution in [0.2, 0.25) is 0 Å². The fraction of sp³-hybridized carbons (Fsp3) is 0.200. The normalized spacial score (nSPS) is 10.9. The van der Waals surface area contributed by atoms with Gasteiger partial charge in [0.1, 0.15) is 5.69 Å². The van der Waals surface area contributed by atoms with Crippen LogP contribution >= 0.6 is 11.3 Å². The van der Waals surface area contributed by atoms with Gasteiger partial charge in [-0.15, -0.1) is 21.5 Å². The molecule has 0 atom stereocenters. The van der Waals surface area contributed by atoms with E-state index in [-0.39, 0.29) is 11.5 Å². The molecule has 2 aromatic heterocycles. The van der Waals surface area contributed by atoms with Crippen molar-refractivity contribution < 1.29 is 0 Å². The van der Waals surface area contributed by atoms with Crippen molar-refractivity contribution in [2.45, 2.75) is 13.8 Å². The molecule has 0 spiro atoms. The Bertz CT molecular complexity index is 601. The molecule has 6 nitrogen and oxygen atoms in total. The molecule has 88 valence electrons. The second-order valence-electron chi connectivity index (χ2n) is 3.41. The van der Waals surface area contributed by atoms with Gasteiger partial charge in [0.2, 0.25) is 5.95 Å². The number of aryl methyl sites for hydroxylation is 2. The van der Waals surface area contributed by atoms with Crippen molar-refractivity contribution in [1.82, 2.24) is 15.2 Å². The van der Waals surface area contributed by atoms with E-state index in [1.165, 1.54) is 4.88 Å². The van der Waals surface area contributed by atoms with E-state index in [9.17, 15) is 4.79 Å². The summed E-state index contributed by atoms with van der Waals surface area (Å²) in [5, 5.41) is 11.4. The monoisotopic (exact) mass is 249 g/mol. The first-order valence-corrected chi connectivity index (χ1v) is 5.76. The fourth-order valence-electron chi connectivity index (χ4n) is 1.12. The molecule has 0 aliphatic heterocycles. The molecule has 0 saturated carbocycles. The maximum atomic E-state index is 11.2. The van der Waals surface area contributed by atoms with Gasteiger partial charge in [-0.05, 0) is 26.0 Å². The maximum Gasteiger partial charge on any atom is 0.274 e. The average Bonchev–Trinajstić information content (AvgIpc) is 2.70. The van der Waals surface area contributed by atoms with Gasteiger partial charge in [0.05, 0.1) is 6.21 Å². The number of aromatic nitrogens is 3. The van der Waals surface area contributed by atoms with Crippen LogP contribution in [0.3, 0.4) is 0 Å². The molecule has 7 heteroatoms. The molecule has 17 heavy (non-hydrogen) atoms. The van der Waals surface area contributed by atoms with E-state index in [1.54, 1.807) is 24.5 Å². The van der Waals surface area contributed by atoms with Crippen LogP contribution in [0, 0.1) is 13.8 Å². The number of nitrogens with zero attached hydrogens (tertiary/aromatic N) is 3. The zero-order chi connectivity index (χ0) is 12.3. The smallest absolute Gasteiger partial charge is 0.274 e. The second kappa shape index (κ2) is 4.88. The van der Waals surface area contributed by atoms with Crippen LogP contribution in [0.4, 0.5) is 5.95 Å². The van der Waals surface area contributed by atoms with Gasteiger partial charge in [-0.25, -0.2) is 5.43 Å². The van der Waals surface area contributed by atoms with Gasteiger partial charge >= 0.3 is 0 Å². The standard InChI is InChI=1S/C10H11N5OS/c1-6-3-4-8(17-6)5-11-14-10-12-9(16)7(2)13-15-10/h3-5H,1-2H3,(H2,12,14,15,16)/b11-5-. The molecule has 0 radical (unpaired) electrons. The van der Waals surface area contributed by atoms with Crippen LogP contribution in [-0.4, -0.2) is 21.4 Å². The third kappa shape index (κ3) is 2.97. The number of anilines is 1. The van der Waals surface area contributed by atoms with E-state index in [0.29, 0.717) is 5.69 Å². The van der Waals surface area contributed by atoms with Gasteiger partial charge in [-0.1, -0.05) is 0 Å². The molecule has 0 unspecified atom stereocenters. The van der Waals surface area contributed by atoms with Gasteiger partial charge in [0, 0.05) is 9.75 Å². The Kier molecular flexibility index (Phi) is 3.29. The highest BCUT2D eigenvalue weighted by molar-refractivity contribution is 7.13. The number of aromatic amines is 1. The minimum Gasteiger partial charge on any atom is -0.288 e. The first-order chi connectivity index (χ1) is 8.15. The van der Waals surface area contributed by atoms with Crippen molar-refractivity contribution in [2.75, 3.05) is 5.43 Å². The Balaban J connectivity index is 2.04. The van der Waals surface area contributed by atoms with E-state index < -0.39 is 0 Å². The molecule has 0 saturated heterocycles. The topological polar surface area (TPSA) is 83.0 Å². The lowest BCUT2D eigenvalue weighted by Gasteiger charge is -1.96. The number of rotatable bonds is 3. The lowest BCUT2D eigenvalue weighted by molar-refractivity contribution is 0.897. The summed E-state index contributed by atoms with van der Waals surface area (Å²) >= 11 is 1.63. The van der Waals surface area contributed by atoms with Crippen LogP contribution in [0.5, 0.6) is 0 Å². The zero-order valence-electron chi connectivity index (χ0n) is 9.39. The zero-order valence-corrected chi connectivity index (χ0v) is 10.2. The first-order valence-electron chi connectivity index (χ1n) is 4.94. The number of hydrazone groups is 1. The van der Waals surface area contributed by atoms with Crippen LogP contribution in [0.25, 0.3) is 0 Å². The maximum absolute atomic E-state index is 11.2. The summed E-state index contributed by atoms with van der Waals surface area (Å²) in [6.07, 6.45) is 1.66. The average molecular weight is 249 g/mol. The third-order valence-electron chi connectivity index (χ3n) is 1.98. The summed E-state index contributed by atoms with van der Waals surface area (Å²) in [5.41, 5.74) is 2.67. The van der Waals surface area contributed by atoms with Crippen molar-refractivity contribution in [2.24, 2.45) is 5.10 Å². The lowest BCUT2D eigenvalue weighted by Crippen LogP contribution is -2.15. The molecule has 2 N–H and O–H groups in total. The van der Waals surface area contributed by atoms with Gasteiger partial charge in [-0.3, -0.25) is 9.78 Å². The van der Waals surface area contributed by atoms with Crippen LogP contribution in [-0.2, 0) is 0 Å². The molecule has 0 amide bonds. The number of thiophene rings is 1. The number of hydrogen-bond acceptors (Lipinski definition) is 6. The minimum atomic E-state index is -0.273. The van der Waals surface area contributed by atoms with Crippen molar-refractivity contribution in [3.05, 3.63) is 37.9 Å². The Hall–Kier alpha value is -2.02. The molecule has 0 fully saturated rings. The van der Waals surface area contributed by atoms with E-state index in [0.717, 1.165) is 4.88 Å². The Morgan fingerprint density at radius 1 is 1.41 bits per heavy atom. The number of H-pyrrole nitrogens is 1.